The van der Waals surface area contributed by atoms with Gasteiger partial charge in [0.2, 0.25) is 9.84 Å². The molecule has 0 saturated carbocycles. The average Bonchev–Trinajstić information content (AvgIpc) is 2.97. The molecule has 128 valence electrons. The van der Waals surface area contributed by atoms with Crippen LogP contribution in [0.4, 0.5) is 0 Å². The van der Waals surface area contributed by atoms with Crippen LogP contribution >= 0.6 is 0 Å². The second-order valence-corrected chi connectivity index (χ2v) is 8.08. The van der Waals surface area contributed by atoms with E-state index in [2.05, 4.69) is 6.08 Å². The lowest BCUT2D eigenvalue weighted by atomic mass is 9.89. The molecule has 0 spiro atoms. The molecule has 0 radical (unpaired) electrons. The summed E-state index contributed by atoms with van der Waals surface area (Å²) in [7, 11) is -3.51. The smallest absolute Gasteiger partial charge is 0.202 e. The second-order valence-electron chi connectivity index (χ2n) is 6.08. The van der Waals surface area contributed by atoms with Crippen LogP contribution < -0.4 is 5.73 Å². The van der Waals surface area contributed by atoms with Gasteiger partial charge in [0.05, 0.1) is 16.4 Å². The highest BCUT2D eigenvalue weighted by Crippen LogP contribution is 2.36. The zero-order valence-electron chi connectivity index (χ0n) is 13.6. The van der Waals surface area contributed by atoms with Crippen LogP contribution in [0.2, 0.25) is 0 Å². The van der Waals surface area contributed by atoms with Gasteiger partial charge in [0.15, 0.2) is 0 Å². The fourth-order valence-electron chi connectivity index (χ4n) is 3.23. The lowest BCUT2D eigenvalue weighted by Gasteiger charge is -2.28. The first-order chi connectivity index (χ1) is 11.6. The van der Waals surface area contributed by atoms with Gasteiger partial charge in [-0.1, -0.05) is 36.5 Å². The van der Waals surface area contributed by atoms with Crippen molar-refractivity contribution in [2.75, 3.05) is 13.2 Å². The van der Waals surface area contributed by atoms with E-state index in [0.717, 1.165) is 18.4 Å². The zero-order chi connectivity index (χ0) is 17.0. The number of sulfone groups is 1. The van der Waals surface area contributed by atoms with E-state index in [4.69, 9.17) is 10.5 Å². The molecule has 3 aliphatic rings. The second kappa shape index (κ2) is 7.36. The number of allylic oxidation sites excluding steroid dienone is 10. The summed E-state index contributed by atoms with van der Waals surface area (Å²) in [6.07, 6.45) is 17.4. The van der Waals surface area contributed by atoms with Gasteiger partial charge in [-0.25, -0.2) is 8.42 Å². The molecule has 0 aromatic heterocycles. The lowest BCUT2D eigenvalue weighted by molar-refractivity contribution is 0.166. The van der Waals surface area contributed by atoms with E-state index < -0.39 is 9.84 Å². The minimum Gasteiger partial charge on any atom is -0.493 e. The molecule has 5 heteroatoms. The summed E-state index contributed by atoms with van der Waals surface area (Å²) < 4.78 is 31.7. The lowest BCUT2D eigenvalue weighted by Crippen LogP contribution is -2.20. The van der Waals surface area contributed by atoms with E-state index >= 15 is 0 Å². The average molecular weight is 345 g/mol. The standard InChI is InChI=1S/C19H23NO3S/c20-12-10-15-11-13-23-19-14-17(8-5-9-18(15)19)24(21,22)16-6-3-1-2-4-7-16/h1-4,6,8-9,14-15H,5,7,10-13,20H2. The molecule has 0 amide bonds. The third kappa shape index (κ3) is 3.47. The van der Waals surface area contributed by atoms with Crippen molar-refractivity contribution < 1.29 is 13.2 Å². The molecule has 2 aliphatic carbocycles. The molecular weight excluding hydrogens is 322 g/mol. The molecule has 0 aromatic rings. The van der Waals surface area contributed by atoms with Crippen LogP contribution in [-0.2, 0) is 14.6 Å². The number of rotatable bonds is 4. The fraction of sp³-hybridized carbons (Fsp3) is 0.368. The molecule has 0 bridgehead atoms. The van der Waals surface area contributed by atoms with Gasteiger partial charge in [-0.2, -0.15) is 0 Å². The predicted octanol–water partition coefficient (Wildman–Crippen LogP) is 3.28. The van der Waals surface area contributed by atoms with Crippen molar-refractivity contribution in [1.82, 2.24) is 0 Å². The van der Waals surface area contributed by atoms with Gasteiger partial charge in [0.25, 0.3) is 0 Å². The van der Waals surface area contributed by atoms with E-state index in [0.29, 0.717) is 47.5 Å². The molecule has 4 nitrogen and oxygen atoms in total. The molecule has 1 atom stereocenters. The van der Waals surface area contributed by atoms with E-state index in [1.165, 1.54) is 0 Å². The SMILES string of the molecule is NCCC1CCOC2=CC(S(=O)(=O)C3=CC=CC=CC3)=CCC=C21. The topological polar surface area (TPSA) is 69.4 Å². The number of hydrogen-bond donors (Lipinski definition) is 1. The number of ether oxygens (including phenoxy) is 1. The van der Waals surface area contributed by atoms with E-state index in [1.807, 2.05) is 18.2 Å². The fourth-order valence-corrected chi connectivity index (χ4v) is 4.68. The van der Waals surface area contributed by atoms with E-state index in [9.17, 15) is 8.42 Å². The van der Waals surface area contributed by atoms with Crippen molar-refractivity contribution >= 4 is 9.84 Å². The largest absolute Gasteiger partial charge is 0.493 e. The quantitative estimate of drug-likeness (QED) is 0.849. The maximum Gasteiger partial charge on any atom is 0.202 e. The van der Waals surface area contributed by atoms with Crippen LogP contribution in [0.15, 0.2) is 69.8 Å². The van der Waals surface area contributed by atoms with Gasteiger partial charge in [0.1, 0.15) is 5.76 Å². The van der Waals surface area contributed by atoms with Gasteiger partial charge in [0, 0.05) is 6.42 Å². The van der Waals surface area contributed by atoms with E-state index in [1.54, 1.807) is 24.3 Å². The first kappa shape index (κ1) is 17.0. The summed E-state index contributed by atoms with van der Waals surface area (Å²) in [5.41, 5.74) is 6.81. The van der Waals surface area contributed by atoms with Crippen LogP contribution in [0.5, 0.6) is 0 Å². The van der Waals surface area contributed by atoms with Crippen LogP contribution in [0.3, 0.4) is 0 Å². The van der Waals surface area contributed by atoms with Crippen molar-refractivity contribution in [2.24, 2.45) is 11.7 Å². The minimum absolute atomic E-state index is 0.326. The van der Waals surface area contributed by atoms with Crippen LogP contribution in [0, 0.1) is 5.92 Å². The van der Waals surface area contributed by atoms with Crippen molar-refractivity contribution in [2.45, 2.75) is 25.7 Å². The molecular formula is C19H23NO3S. The normalized spacial score (nSPS) is 23.8. The molecule has 1 unspecified atom stereocenters. The highest BCUT2D eigenvalue weighted by Gasteiger charge is 2.28. The minimum atomic E-state index is -3.51. The van der Waals surface area contributed by atoms with Crippen molar-refractivity contribution in [1.29, 1.82) is 0 Å². The number of nitrogens with two attached hydrogens (primary N) is 1. The molecule has 0 aromatic carbocycles. The number of fused-ring (bicyclic) bond motifs is 1. The van der Waals surface area contributed by atoms with Gasteiger partial charge >= 0.3 is 0 Å². The van der Waals surface area contributed by atoms with E-state index in [-0.39, 0.29) is 0 Å². The van der Waals surface area contributed by atoms with Gasteiger partial charge in [-0.15, -0.1) is 0 Å². The Morgan fingerprint density at radius 3 is 2.92 bits per heavy atom. The molecule has 2 N–H and O–H groups in total. The van der Waals surface area contributed by atoms with Crippen molar-refractivity contribution in [3.63, 3.8) is 0 Å². The first-order valence-electron chi connectivity index (χ1n) is 8.35. The maximum atomic E-state index is 13.0. The first-order valence-corrected chi connectivity index (χ1v) is 9.84. The highest BCUT2D eigenvalue weighted by atomic mass is 32.2. The third-order valence-corrected chi connectivity index (χ3v) is 6.41. The Balaban J connectivity index is 1.92. The summed E-state index contributed by atoms with van der Waals surface area (Å²) in [4.78, 5) is 0.737. The Bertz CT molecular complexity index is 777. The molecule has 1 heterocycles. The summed E-state index contributed by atoms with van der Waals surface area (Å²) in [6.45, 7) is 1.23. The number of hydrogen-bond acceptors (Lipinski definition) is 4. The Kier molecular flexibility index (Phi) is 5.21. The van der Waals surface area contributed by atoms with Gasteiger partial charge in [-0.3, -0.25) is 0 Å². The Morgan fingerprint density at radius 2 is 2.08 bits per heavy atom. The van der Waals surface area contributed by atoms with Crippen LogP contribution in [0.1, 0.15) is 25.7 Å². The molecule has 1 aliphatic heterocycles. The van der Waals surface area contributed by atoms with Gasteiger partial charge < -0.3 is 10.5 Å². The zero-order valence-corrected chi connectivity index (χ0v) is 14.5. The monoisotopic (exact) mass is 345 g/mol. The van der Waals surface area contributed by atoms with Crippen LogP contribution in [-0.4, -0.2) is 21.6 Å². The third-order valence-electron chi connectivity index (χ3n) is 4.51. The highest BCUT2D eigenvalue weighted by molar-refractivity contribution is 7.99. The predicted molar refractivity (Wildman–Crippen MR) is 96.5 cm³/mol. The Morgan fingerprint density at radius 1 is 1.21 bits per heavy atom. The Hall–Kier alpha value is -1.85. The van der Waals surface area contributed by atoms with Crippen molar-refractivity contribution in [3.05, 3.63) is 69.8 Å². The summed E-state index contributed by atoms with van der Waals surface area (Å²) in [6, 6.07) is 0. The van der Waals surface area contributed by atoms with Crippen LogP contribution in [0.25, 0.3) is 0 Å². The molecule has 1 saturated heterocycles. The molecule has 3 rings (SSSR count). The summed E-state index contributed by atoms with van der Waals surface area (Å²) in [5, 5.41) is 0. The summed E-state index contributed by atoms with van der Waals surface area (Å²) >= 11 is 0. The summed E-state index contributed by atoms with van der Waals surface area (Å²) in [5.74, 6) is 1.04. The molecule has 24 heavy (non-hydrogen) atoms. The van der Waals surface area contributed by atoms with Gasteiger partial charge in [-0.05, 0) is 49.5 Å². The maximum absolute atomic E-state index is 13.0. The molecule has 1 fully saturated rings. The van der Waals surface area contributed by atoms with Crippen molar-refractivity contribution in [3.8, 4) is 0 Å². The Labute approximate surface area is 143 Å².